The number of aryl methyl sites for hydroxylation is 2. The van der Waals surface area contributed by atoms with Crippen LogP contribution < -0.4 is 0 Å². The van der Waals surface area contributed by atoms with Gasteiger partial charge in [-0.25, -0.2) is 0 Å². The predicted octanol–water partition coefficient (Wildman–Crippen LogP) is 3.09. The standard InChI is InChI=1S/C8H10O3S.C8H12O3S/c1-6-3-4-8(7(2)5-6)12(9,10)11;1-7-4-3-5-8(2,6-7)12(9,10)11/h3-5H,1-2H3,(H,9,10,11);3-5H,6H2,1-2H3,(H,9,10,11). The van der Waals surface area contributed by atoms with Gasteiger partial charge in [0.1, 0.15) is 4.75 Å². The van der Waals surface area contributed by atoms with Crippen molar-refractivity contribution in [1.82, 2.24) is 0 Å². The van der Waals surface area contributed by atoms with Crippen molar-refractivity contribution in [2.75, 3.05) is 0 Å². The summed E-state index contributed by atoms with van der Waals surface area (Å²) in [5.41, 5.74) is 2.50. The van der Waals surface area contributed by atoms with Crippen LogP contribution in [0, 0.1) is 13.8 Å². The molecule has 0 saturated carbocycles. The van der Waals surface area contributed by atoms with Gasteiger partial charge in [-0.1, -0.05) is 41.5 Å². The molecule has 2 rings (SSSR count). The lowest BCUT2D eigenvalue weighted by Crippen LogP contribution is -2.33. The third-order valence-corrected chi connectivity index (χ3v) is 6.13. The quantitative estimate of drug-likeness (QED) is 0.770. The minimum absolute atomic E-state index is 0.0203. The zero-order valence-electron chi connectivity index (χ0n) is 14.0. The Kier molecular flexibility index (Phi) is 6.15. The van der Waals surface area contributed by atoms with Crippen LogP contribution in [0.15, 0.2) is 46.9 Å². The van der Waals surface area contributed by atoms with E-state index in [4.69, 9.17) is 9.11 Å². The Balaban J connectivity index is 0.000000240. The van der Waals surface area contributed by atoms with Crippen molar-refractivity contribution >= 4 is 20.2 Å². The number of benzene rings is 1. The fraction of sp³-hybridized carbons (Fsp3) is 0.375. The van der Waals surface area contributed by atoms with Crippen molar-refractivity contribution in [2.24, 2.45) is 0 Å². The van der Waals surface area contributed by atoms with Crippen molar-refractivity contribution < 1.29 is 25.9 Å². The Bertz CT molecular complexity index is 879. The lowest BCUT2D eigenvalue weighted by Gasteiger charge is -2.24. The van der Waals surface area contributed by atoms with Gasteiger partial charge in [-0.3, -0.25) is 9.11 Å². The van der Waals surface area contributed by atoms with Gasteiger partial charge in [-0.05, 0) is 45.7 Å². The van der Waals surface area contributed by atoms with Crippen molar-refractivity contribution in [3.8, 4) is 0 Å². The van der Waals surface area contributed by atoms with E-state index in [0.29, 0.717) is 12.0 Å². The van der Waals surface area contributed by atoms with Crippen LogP contribution >= 0.6 is 0 Å². The van der Waals surface area contributed by atoms with E-state index in [0.717, 1.165) is 11.1 Å². The largest absolute Gasteiger partial charge is 0.294 e. The highest BCUT2D eigenvalue weighted by atomic mass is 32.2. The zero-order chi connectivity index (χ0) is 18.8. The highest BCUT2D eigenvalue weighted by Crippen LogP contribution is 2.29. The predicted molar refractivity (Wildman–Crippen MR) is 93.2 cm³/mol. The van der Waals surface area contributed by atoms with Gasteiger partial charge in [0.2, 0.25) is 0 Å². The molecule has 0 heterocycles. The van der Waals surface area contributed by atoms with Crippen LogP contribution in [0.2, 0.25) is 0 Å². The first-order valence-electron chi connectivity index (χ1n) is 7.13. The fourth-order valence-electron chi connectivity index (χ4n) is 2.35. The molecule has 0 saturated heterocycles. The molecule has 6 nitrogen and oxygen atoms in total. The molecule has 0 fully saturated rings. The highest BCUT2D eigenvalue weighted by Gasteiger charge is 2.36. The van der Waals surface area contributed by atoms with E-state index in [-0.39, 0.29) is 4.90 Å². The van der Waals surface area contributed by atoms with Gasteiger partial charge in [-0.2, -0.15) is 16.8 Å². The Morgan fingerprint density at radius 3 is 2.00 bits per heavy atom. The summed E-state index contributed by atoms with van der Waals surface area (Å²) >= 11 is 0. The average molecular weight is 374 g/mol. The van der Waals surface area contributed by atoms with E-state index in [2.05, 4.69) is 0 Å². The second-order valence-electron chi connectivity index (χ2n) is 6.08. The van der Waals surface area contributed by atoms with Gasteiger partial charge in [0, 0.05) is 0 Å². The lowest BCUT2D eigenvalue weighted by molar-refractivity contribution is 0.450. The molecular formula is C16H22O6S2. The average Bonchev–Trinajstić information content (AvgIpc) is 2.35. The fourth-order valence-corrected chi connectivity index (χ4v) is 3.72. The van der Waals surface area contributed by atoms with E-state index in [1.54, 1.807) is 25.1 Å². The maximum Gasteiger partial charge on any atom is 0.294 e. The molecule has 0 aromatic heterocycles. The summed E-state index contributed by atoms with van der Waals surface area (Å²) in [5, 5.41) is 0. The SMILES string of the molecule is CC1=CC=CC(C)(S(=O)(=O)O)C1.Cc1ccc(S(=O)(=O)O)c(C)c1. The number of hydrogen-bond acceptors (Lipinski definition) is 4. The van der Waals surface area contributed by atoms with Crippen molar-refractivity contribution in [3.63, 3.8) is 0 Å². The molecule has 0 radical (unpaired) electrons. The third-order valence-electron chi connectivity index (χ3n) is 3.66. The number of allylic oxidation sites excluding steroid dienone is 3. The first-order chi connectivity index (χ1) is 10.8. The van der Waals surface area contributed by atoms with Crippen LogP contribution in [0.3, 0.4) is 0 Å². The van der Waals surface area contributed by atoms with Gasteiger partial charge < -0.3 is 0 Å². The van der Waals surface area contributed by atoms with E-state index >= 15 is 0 Å². The summed E-state index contributed by atoms with van der Waals surface area (Å²) in [6.07, 6.45) is 5.37. The monoisotopic (exact) mass is 374 g/mol. The summed E-state index contributed by atoms with van der Waals surface area (Å²) in [6, 6.07) is 4.76. The van der Waals surface area contributed by atoms with Crippen molar-refractivity contribution in [3.05, 3.63) is 53.1 Å². The van der Waals surface area contributed by atoms with Crippen molar-refractivity contribution in [1.29, 1.82) is 0 Å². The summed E-state index contributed by atoms with van der Waals surface area (Å²) in [7, 11) is -8.04. The number of rotatable bonds is 2. The molecule has 1 aliphatic carbocycles. The summed E-state index contributed by atoms with van der Waals surface area (Å²) in [5.74, 6) is 0. The summed E-state index contributed by atoms with van der Waals surface area (Å²) in [4.78, 5) is -0.0203. The Hall–Kier alpha value is -1.48. The molecule has 0 amide bonds. The van der Waals surface area contributed by atoms with Crippen LogP contribution in [0.4, 0.5) is 0 Å². The smallest absolute Gasteiger partial charge is 0.285 e. The molecule has 24 heavy (non-hydrogen) atoms. The van der Waals surface area contributed by atoms with Gasteiger partial charge >= 0.3 is 0 Å². The maximum absolute atomic E-state index is 10.9. The van der Waals surface area contributed by atoms with Gasteiger partial charge in [0.15, 0.2) is 0 Å². The molecule has 2 N–H and O–H groups in total. The summed E-state index contributed by atoms with van der Waals surface area (Å²) in [6.45, 7) is 6.86. The van der Waals surface area contributed by atoms with Gasteiger partial charge in [0.25, 0.3) is 20.2 Å². The Morgan fingerprint density at radius 1 is 1.04 bits per heavy atom. The van der Waals surface area contributed by atoms with Crippen LogP contribution in [0.5, 0.6) is 0 Å². The topological polar surface area (TPSA) is 109 Å². The molecule has 1 unspecified atom stereocenters. The lowest BCUT2D eigenvalue weighted by atomic mass is 9.96. The Labute approximate surface area is 143 Å². The minimum atomic E-state index is -4.05. The molecule has 1 atom stereocenters. The molecule has 0 bridgehead atoms. The van der Waals surface area contributed by atoms with E-state index in [1.807, 2.05) is 19.9 Å². The number of hydrogen-bond donors (Lipinski definition) is 2. The van der Waals surface area contributed by atoms with E-state index in [9.17, 15) is 16.8 Å². The van der Waals surface area contributed by atoms with Crippen LogP contribution in [0.25, 0.3) is 0 Å². The zero-order valence-corrected chi connectivity index (χ0v) is 15.6. The highest BCUT2D eigenvalue weighted by molar-refractivity contribution is 7.87. The molecule has 134 valence electrons. The van der Waals surface area contributed by atoms with Crippen LogP contribution in [0.1, 0.15) is 31.4 Å². The molecule has 1 aromatic rings. The Morgan fingerprint density at radius 2 is 1.62 bits per heavy atom. The maximum atomic E-state index is 10.9. The van der Waals surface area contributed by atoms with E-state index < -0.39 is 25.0 Å². The molecule has 0 spiro atoms. The van der Waals surface area contributed by atoms with Crippen LogP contribution in [-0.2, 0) is 20.2 Å². The van der Waals surface area contributed by atoms with Gasteiger partial charge in [0.05, 0.1) is 4.90 Å². The van der Waals surface area contributed by atoms with Gasteiger partial charge in [-0.15, -0.1) is 0 Å². The molecule has 8 heteroatoms. The molecule has 0 aliphatic heterocycles. The first-order valence-corrected chi connectivity index (χ1v) is 10.0. The third kappa shape index (κ3) is 5.27. The molecule has 1 aromatic carbocycles. The van der Waals surface area contributed by atoms with Crippen molar-refractivity contribution in [2.45, 2.75) is 43.8 Å². The van der Waals surface area contributed by atoms with Crippen LogP contribution in [-0.4, -0.2) is 30.7 Å². The molecular weight excluding hydrogens is 352 g/mol. The first kappa shape index (κ1) is 20.6. The normalized spacial score (nSPS) is 20.8. The molecule has 1 aliphatic rings. The van der Waals surface area contributed by atoms with E-state index in [1.165, 1.54) is 19.1 Å². The second kappa shape index (κ2) is 7.18. The second-order valence-corrected chi connectivity index (χ2v) is 9.35. The minimum Gasteiger partial charge on any atom is -0.285 e. The summed E-state index contributed by atoms with van der Waals surface area (Å²) < 4.78 is 59.8.